The van der Waals surface area contributed by atoms with Crippen molar-refractivity contribution in [1.29, 1.82) is 0 Å². The van der Waals surface area contributed by atoms with E-state index in [0.29, 0.717) is 10.4 Å². The van der Waals surface area contributed by atoms with Gasteiger partial charge in [-0.15, -0.1) is 11.3 Å². The highest BCUT2D eigenvalue weighted by atomic mass is 32.2. The number of nitrogens with one attached hydrogen (secondary N) is 1. The SMILES string of the molecule is O=C1c2cccnc2C(=O)N1Cc1ccc(S(=O)(=O)NCc2ccc(F)cc2)s1. The summed E-state index contributed by atoms with van der Waals surface area (Å²) in [7, 11) is -3.79. The van der Waals surface area contributed by atoms with E-state index in [4.69, 9.17) is 0 Å². The average Bonchev–Trinajstić information content (AvgIpc) is 3.28. The summed E-state index contributed by atoms with van der Waals surface area (Å²) in [6.07, 6.45) is 1.44. The van der Waals surface area contributed by atoms with Crippen molar-refractivity contribution < 1.29 is 22.4 Å². The zero-order valence-corrected chi connectivity index (χ0v) is 16.5. The van der Waals surface area contributed by atoms with Crippen LogP contribution in [-0.4, -0.2) is 30.1 Å². The number of carbonyl (C=O) groups excluding carboxylic acids is 2. The van der Waals surface area contributed by atoms with Crippen molar-refractivity contribution in [1.82, 2.24) is 14.6 Å². The monoisotopic (exact) mass is 431 g/mol. The molecule has 4 rings (SSSR count). The van der Waals surface area contributed by atoms with Crippen LogP contribution in [0, 0.1) is 5.82 Å². The number of fused-ring (bicyclic) bond motifs is 1. The average molecular weight is 431 g/mol. The number of halogens is 1. The molecule has 1 aromatic carbocycles. The van der Waals surface area contributed by atoms with Gasteiger partial charge in [-0.05, 0) is 42.0 Å². The smallest absolute Gasteiger partial charge is 0.268 e. The van der Waals surface area contributed by atoms with Gasteiger partial charge in [0.15, 0.2) is 0 Å². The lowest BCUT2D eigenvalue weighted by Crippen LogP contribution is -2.28. The first-order valence-corrected chi connectivity index (χ1v) is 10.8. The Hall–Kier alpha value is -2.95. The van der Waals surface area contributed by atoms with Crippen molar-refractivity contribution in [3.8, 4) is 0 Å². The van der Waals surface area contributed by atoms with Gasteiger partial charge in [0.05, 0.1) is 12.1 Å². The predicted octanol–water partition coefficient (Wildman–Crippen LogP) is 2.56. The van der Waals surface area contributed by atoms with Gasteiger partial charge < -0.3 is 0 Å². The van der Waals surface area contributed by atoms with Crippen molar-refractivity contribution in [2.75, 3.05) is 0 Å². The molecule has 3 heterocycles. The Labute approximate surface area is 169 Å². The van der Waals surface area contributed by atoms with Gasteiger partial charge in [-0.1, -0.05) is 12.1 Å². The molecule has 0 saturated carbocycles. The zero-order chi connectivity index (χ0) is 20.6. The first-order valence-electron chi connectivity index (χ1n) is 8.49. The molecule has 0 saturated heterocycles. The number of sulfonamides is 1. The van der Waals surface area contributed by atoms with E-state index in [1.165, 1.54) is 42.6 Å². The highest BCUT2D eigenvalue weighted by Crippen LogP contribution is 2.27. The maximum Gasteiger partial charge on any atom is 0.280 e. The van der Waals surface area contributed by atoms with E-state index in [-0.39, 0.29) is 28.6 Å². The van der Waals surface area contributed by atoms with Crippen LogP contribution in [0.1, 0.15) is 31.3 Å². The maximum absolute atomic E-state index is 12.9. The van der Waals surface area contributed by atoms with E-state index in [1.54, 1.807) is 12.1 Å². The number of rotatable bonds is 6. The number of hydrogen-bond acceptors (Lipinski definition) is 6. The highest BCUT2D eigenvalue weighted by Gasteiger charge is 2.36. The minimum absolute atomic E-state index is 0.0138. The van der Waals surface area contributed by atoms with Crippen LogP contribution >= 0.6 is 11.3 Å². The van der Waals surface area contributed by atoms with Crippen molar-refractivity contribution >= 4 is 33.2 Å². The second-order valence-corrected chi connectivity index (χ2v) is 9.43. The summed E-state index contributed by atoms with van der Waals surface area (Å²) in [5.41, 5.74) is 0.955. The van der Waals surface area contributed by atoms with E-state index in [2.05, 4.69) is 9.71 Å². The molecule has 3 aromatic rings. The molecule has 0 radical (unpaired) electrons. The third-order valence-corrected chi connectivity index (χ3v) is 7.29. The van der Waals surface area contributed by atoms with Crippen LogP contribution in [0.2, 0.25) is 0 Å². The molecule has 0 spiro atoms. The molecule has 29 heavy (non-hydrogen) atoms. The van der Waals surface area contributed by atoms with Crippen LogP contribution < -0.4 is 4.72 Å². The molecule has 7 nitrogen and oxygen atoms in total. The number of pyridine rings is 1. The van der Waals surface area contributed by atoms with Crippen LogP contribution in [-0.2, 0) is 23.1 Å². The molecule has 148 valence electrons. The van der Waals surface area contributed by atoms with Gasteiger partial charge in [-0.3, -0.25) is 19.5 Å². The molecule has 2 amide bonds. The number of nitrogens with zero attached hydrogens (tertiary/aromatic N) is 2. The first kappa shape index (κ1) is 19.4. The number of imide groups is 1. The van der Waals surface area contributed by atoms with E-state index in [9.17, 15) is 22.4 Å². The predicted molar refractivity (Wildman–Crippen MR) is 103 cm³/mol. The highest BCUT2D eigenvalue weighted by molar-refractivity contribution is 7.91. The van der Waals surface area contributed by atoms with Crippen LogP contribution in [0.15, 0.2) is 58.9 Å². The van der Waals surface area contributed by atoms with E-state index >= 15 is 0 Å². The minimum atomic E-state index is -3.79. The second-order valence-electron chi connectivity index (χ2n) is 6.27. The van der Waals surface area contributed by atoms with Crippen LogP contribution in [0.3, 0.4) is 0 Å². The molecule has 0 bridgehead atoms. The Morgan fingerprint density at radius 1 is 1.03 bits per heavy atom. The molecule has 10 heteroatoms. The Bertz CT molecular complexity index is 1170. The van der Waals surface area contributed by atoms with Crippen LogP contribution in [0.4, 0.5) is 4.39 Å². The van der Waals surface area contributed by atoms with Gasteiger partial charge in [-0.25, -0.2) is 17.5 Å². The zero-order valence-electron chi connectivity index (χ0n) is 14.8. The fourth-order valence-electron chi connectivity index (χ4n) is 2.85. The number of aromatic nitrogens is 1. The standard InChI is InChI=1S/C19H14FN3O4S2/c20-13-5-3-12(4-6-13)10-22-29(26,27)16-8-7-14(28-16)11-23-18(24)15-2-1-9-21-17(15)19(23)25/h1-9,22H,10-11H2. The normalized spacial score (nSPS) is 13.8. The molecule has 0 fully saturated rings. The molecular formula is C19H14FN3O4S2. The van der Waals surface area contributed by atoms with E-state index < -0.39 is 27.7 Å². The quantitative estimate of drug-likeness (QED) is 0.605. The van der Waals surface area contributed by atoms with Gasteiger partial charge in [0, 0.05) is 17.6 Å². The van der Waals surface area contributed by atoms with E-state index in [1.807, 2.05) is 0 Å². The molecular weight excluding hydrogens is 417 g/mol. The Kier molecular flexibility index (Phi) is 4.99. The summed E-state index contributed by atoms with van der Waals surface area (Å²) in [5.74, 6) is -1.36. The van der Waals surface area contributed by atoms with Gasteiger partial charge in [0.2, 0.25) is 10.0 Å². The molecule has 0 atom stereocenters. The summed E-state index contributed by atoms with van der Waals surface area (Å²) in [6, 6.07) is 11.6. The molecule has 1 aliphatic heterocycles. The van der Waals surface area contributed by atoms with Gasteiger partial charge in [-0.2, -0.15) is 0 Å². The number of carbonyl (C=O) groups is 2. The second kappa shape index (κ2) is 7.47. The van der Waals surface area contributed by atoms with Gasteiger partial charge in [0.25, 0.3) is 11.8 Å². The largest absolute Gasteiger partial charge is 0.280 e. The summed E-state index contributed by atoms with van der Waals surface area (Å²) >= 11 is 0.970. The van der Waals surface area contributed by atoms with Crippen LogP contribution in [0.5, 0.6) is 0 Å². The molecule has 0 unspecified atom stereocenters. The lowest BCUT2D eigenvalue weighted by molar-refractivity contribution is 0.0642. The third kappa shape index (κ3) is 3.82. The van der Waals surface area contributed by atoms with Crippen molar-refractivity contribution in [2.24, 2.45) is 0 Å². The number of amides is 2. The number of benzene rings is 1. The maximum atomic E-state index is 12.9. The van der Waals surface area contributed by atoms with Crippen molar-refractivity contribution in [3.63, 3.8) is 0 Å². The Morgan fingerprint density at radius 2 is 1.79 bits per heavy atom. The summed E-state index contributed by atoms with van der Waals surface area (Å²) < 4.78 is 40.5. The van der Waals surface area contributed by atoms with E-state index in [0.717, 1.165) is 16.2 Å². The molecule has 1 aliphatic rings. The lowest BCUT2D eigenvalue weighted by Gasteiger charge is -2.11. The summed E-state index contributed by atoms with van der Waals surface area (Å²) in [5, 5.41) is 0. The minimum Gasteiger partial charge on any atom is -0.268 e. The fraction of sp³-hybridized carbons (Fsp3) is 0.105. The van der Waals surface area contributed by atoms with Crippen molar-refractivity contribution in [2.45, 2.75) is 17.3 Å². The Balaban J connectivity index is 1.46. The third-order valence-electron chi connectivity index (χ3n) is 4.33. The molecule has 0 aliphatic carbocycles. The number of thiophene rings is 1. The fourth-order valence-corrected chi connectivity index (χ4v) is 5.26. The molecule has 2 aromatic heterocycles. The topological polar surface area (TPSA) is 96.4 Å². The summed E-state index contributed by atoms with van der Waals surface area (Å²) in [6.45, 7) is -0.0217. The first-order chi connectivity index (χ1) is 13.8. The van der Waals surface area contributed by atoms with Crippen molar-refractivity contribution in [3.05, 3.63) is 82.2 Å². The van der Waals surface area contributed by atoms with Gasteiger partial charge in [0.1, 0.15) is 15.7 Å². The van der Waals surface area contributed by atoms with Crippen LogP contribution in [0.25, 0.3) is 0 Å². The number of hydrogen-bond donors (Lipinski definition) is 1. The Morgan fingerprint density at radius 3 is 2.52 bits per heavy atom. The summed E-state index contributed by atoms with van der Waals surface area (Å²) in [4.78, 5) is 30.3. The van der Waals surface area contributed by atoms with Gasteiger partial charge >= 0.3 is 0 Å². The lowest BCUT2D eigenvalue weighted by atomic mass is 10.2. The molecule has 1 N–H and O–H groups in total.